The largest absolute Gasteiger partial charge is 0.476 e. The van der Waals surface area contributed by atoms with Crippen molar-refractivity contribution in [3.05, 3.63) is 48.0 Å². The van der Waals surface area contributed by atoms with E-state index in [2.05, 4.69) is 4.98 Å². The number of aromatic nitrogens is 2. The molecule has 0 saturated heterocycles. The third kappa shape index (κ3) is 1.82. The van der Waals surface area contributed by atoms with Gasteiger partial charge in [0.2, 0.25) is 0 Å². The monoisotopic (exact) mass is 216 g/mol. The Morgan fingerprint density at radius 2 is 2.06 bits per heavy atom. The summed E-state index contributed by atoms with van der Waals surface area (Å²) in [6, 6.07) is 9.59. The van der Waals surface area contributed by atoms with Gasteiger partial charge in [-0.2, -0.15) is 0 Å². The Hall–Kier alpha value is -2.10. The van der Waals surface area contributed by atoms with Crippen LogP contribution in [0.1, 0.15) is 23.2 Å². The summed E-state index contributed by atoms with van der Waals surface area (Å²) >= 11 is 0. The molecule has 2 rings (SSSR count). The molecule has 0 radical (unpaired) electrons. The third-order valence-corrected chi connectivity index (χ3v) is 2.35. The molecule has 0 aliphatic rings. The molecule has 1 heterocycles. The van der Waals surface area contributed by atoms with Gasteiger partial charge in [-0.15, -0.1) is 0 Å². The molecule has 82 valence electrons. The minimum atomic E-state index is -0.996. The van der Waals surface area contributed by atoms with E-state index in [0.717, 1.165) is 11.5 Å². The van der Waals surface area contributed by atoms with Crippen LogP contribution in [0.25, 0.3) is 5.69 Å². The first kappa shape index (κ1) is 10.4. The molecule has 4 nitrogen and oxygen atoms in total. The Bertz CT molecular complexity index is 503. The normalized spacial score (nSPS) is 10.3. The number of hydrogen-bond acceptors (Lipinski definition) is 2. The molecule has 0 bridgehead atoms. The number of carboxylic acid groups (broad SMARTS) is 1. The fourth-order valence-electron chi connectivity index (χ4n) is 1.58. The zero-order chi connectivity index (χ0) is 11.5. The predicted octanol–water partition coefficient (Wildman–Crippen LogP) is 2.13. The maximum atomic E-state index is 10.8. The first-order valence-electron chi connectivity index (χ1n) is 5.09. The SMILES string of the molecule is CCc1nc(C(=O)O)cn1-c1ccccc1. The summed E-state index contributed by atoms with van der Waals surface area (Å²) in [4.78, 5) is 14.9. The van der Waals surface area contributed by atoms with E-state index in [1.165, 1.54) is 0 Å². The molecule has 0 atom stereocenters. The average Bonchev–Trinajstić information content (AvgIpc) is 2.74. The number of nitrogens with zero attached hydrogens (tertiary/aromatic N) is 2. The molecule has 16 heavy (non-hydrogen) atoms. The number of imidazole rings is 1. The highest BCUT2D eigenvalue weighted by molar-refractivity contribution is 5.85. The lowest BCUT2D eigenvalue weighted by molar-refractivity contribution is 0.0691. The van der Waals surface area contributed by atoms with E-state index < -0.39 is 5.97 Å². The van der Waals surface area contributed by atoms with Gasteiger partial charge in [-0.1, -0.05) is 25.1 Å². The summed E-state index contributed by atoms with van der Waals surface area (Å²) in [5, 5.41) is 8.89. The van der Waals surface area contributed by atoms with Crippen LogP contribution in [-0.2, 0) is 6.42 Å². The second-order valence-electron chi connectivity index (χ2n) is 3.41. The molecular weight excluding hydrogens is 204 g/mol. The summed E-state index contributed by atoms with van der Waals surface area (Å²) in [7, 11) is 0. The molecule has 1 N–H and O–H groups in total. The van der Waals surface area contributed by atoms with Crippen molar-refractivity contribution >= 4 is 5.97 Å². The van der Waals surface area contributed by atoms with Crippen LogP contribution >= 0.6 is 0 Å². The first-order chi connectivity index (χ1) is 7.72. The van der Waals surface area contributed by atoms with Crippen LogP contribution in [-0.4, -0.2) is 20.6 Å². The van der Waals surface area contributed by atoms with Crippen molar-refractivity contribution in [2.45, 2.75) is 13.3 Å². The molecular formula is C12H12N2O2. The first-order valence-corrected chi connectivity index (χ1v) is 5.09. The van der Waals surface area contributed by atoms with Crippen molar-refractivity contribution < 1.29 is 9.90 Å². The minimum Gasteiger partial charge on any atom is -0.476 e. The maximum Gasteiger partial charge on any atom is 0.356 e. The van der Waals surface area contributed by atoms with Crippen molar-refractivity contribution in [1.82, 2.24) is 9.55 Å². The quantitative estimate of drug-likeness (QED) is 0.855. The Kier molecular flexibility index (Phi) is 2.72. The average molecular weight is 216 g/mol. The summed E-state index contributed by atoms with van der Waals surface area (Å²) in [6.45, 7) is 1.95. The number of carboxylic acids is 1. The van der Waals surface area contributed by atoms with E-state index in [0.29, 0.717) is 6.42 Å². The molecule has 0 aliphatic carbocycles. The fraction of sp³-hybridized carbons (Fsp3) is 0.167. The van der Waals surface area contributed by atoms with E-state index >= 15 is 0 Å². The van der Waals surface area contributed by atoms with Crippen LogP contribution < -0.4 is 0 Å². The van der Waals surface area contributed by atoms with Crippen molar-refractivity contribution in [2.75, 3.05) is 0 Å². The molecule has 0 saturated carbocycles. The number of aromatic carboxylic acids is 1. The Labute approximate surface area is 93.2 Å². The number of carbonyl (C=O) groups is 1. The van der Waals surface area contributed by atoms with Gasteiger partial charge in [0.05, 0.1) is 0 Å². The zero-order valence-corrected chi connectivity index (χ0v) is 8.92. The smallest absolute Gasteiger partial charge is 0.356 e. The fourth-order valence-corrected chi connectivity index (χ4v) is 1.58. The standard InChI is InChI=1S/C12H12N2O2/c1-2-11-13-10(12(15)16)8-14(11)9-6-4-3-5-7-9/h3-8H,2H2,1H3,(H,15,16). The molecule has 0 fully saturated rings. The highest BCUT2D eigenvalue weighted by atomic mass is 16.4. The lowest BCUT2D eigenvalue weighted by Gasteiger charge is -2.04. The van der Waals surface area contributed by atoms with Gasteiger partial charge < -0.3 is 9.67 Å². The topological polar surface area (TPSA) is 55.1 Å². The summed E-state index contributed by atoms with van der Waals surface area (Å²) in [5.74, 6) is -0.243. The van der Waals surface area contributed by atoms with Crippen LogP contribution in [0.2, 0.25) is 0 Å². The molecule has 1 aromatic heterocycles. The number of aryl methyl sites for hydroxylation is 1. The minimum absolute atomic E-state index is 0.0840. The highest BCUT2D eigenvalue weighted by Crippen LogP contribution is 2.13. The number of para-hydroxylation sites is 1. The predicted molar refractivity (Wildman–Crippen MR) is 59.9 cm³/mol. The van der Waals surface area contributed by atoms with E-state index in [9.17, 15) is 4.79 Å². The van der Waals surface area contributed by atoms with Crippen molar-refractivity contribution in [2.24, 2.45) is 0 Å². The van der Waals surface area contributed by atoms with Gasteiger partial charge in [0.15, 0.2) is 5.69 Å². The van der Waals surface area contributed by atoms with E-state index in [1.807, 2.05) is 41.8 Å². The van der Waals surface area contributed by atoms with Gasteiger partial charge >= 0.3 is 5.97 Å². The number of benzene rings is 1. The third-order valence-electron chi connectivity index (χ3n) is 2.35. The number of hydrogen-bond donors (Lipinski definition) is 1. The van der Waals surface area contributed by atoms with Gasteiger partial charge in [-0.25, -0.2) is 9.78 Å². The molecule has 4 heteroatoms. The van der Waals surface area contributed by atoms with Crippen molar-refractivity contribution in [3.63, 3.8) is 0 Å². The molecule has 0 aliphatic heterocycles. The van der Waals surface area contributed by atoms with E-state index in [4.69, 9.17) is 5.11 Å². The van der Waals surface area contributed by atoms with E-state index in [-0.39, 0.29) is 5.69 Å². The Morgan fingerprint density at radius 3 is 2.62 bits per heavy atom. The van der Waals surface area contributed by atoms with Crippen molar-refractivity contribution in [3.8, 4) is 5.69 Å². The maximum absolute atomic E-state index is 10.8. The molecule has 1 aromatic carbocycles. The molecule has 2 aromatic rings. The van der Waals surface area contributed by atoms with Gasteiger partial charge in [0.25, 0.3) is 0 Å². The number of rotatable bonds is 3. The molecule has 0 unspecified atom stereocenters. The van der Waals surface area contributed by atoms with Crippen LogP contribution in [0.5, 0.6) is 0 Å². The lowest BCUT2D eigenvalue weighted by atomic mass is 10.3. The van der Waals surface area contributed by atoms with Crippen LogP contribution in [0.4, 0.5) is 0 Å². The van der Waals surface area contributed by atoms with Gasteiger partial charge in [-0.3, -0.25) is 0 Å². The summed E-state index contributed by atoms with van der Waals surface area (Å²) in [5.41, 5.74) is 1.01. The second kappa shape index (κ2) is 4.18. The Morgan fingerprint density at radius 1 is 1.38 bits per heavy atom. The summed E-state index contributed by atoms with van der Waals surface area (Å²) < 4.78 is 1.81. The summed E-state index contributed by atoms with van der Waals surface area (Å²) in [6.07, 6.45) is 2.25. The van der Waals surface area contributed by atoms with Crippen LogP contribution in [0.3, 0.4) is 0 Å². The molecule has 0 spiro atoms. The zero-order valence-electron chi connectivity index (χ0n) is 8.92. The lowest BCUT2D eigenvalue weighted by Crippen LogP contribution is -1.97. The van der Waals surface area contributed by atoms with Crippen LogP contribution in [0, 0.1) is 0 Å². The van der Waals surface area contributed by atoms with Crippen LogP contribution in [0.15, 0.2) is 36.5 Å². The molecule has 0 amide bonds. The highest BCUT2D eigenvalue weighted by Gasteiger charge is 2.12. The Balaban J connectivity index is 2.52. The van der Waals surface area contributed by atoms with E-state index in [1.54, 1.807) is 6.20 Å². The van der Waals surface area contributed by atoms with Gasteiger partial charge in [0, 0.05) is 18.3 Å². The van der Waals surface area contributed by atoms with Gasteiger partial charge in [0.1, 0.15) is 5.82 Å². The van der Waals surface area contributed by atoms with Gasteiger partial charge in [-0.05, 0) is 12.1 Å². The second-order valence-corrected chi connectivity index (χ2v) is 3.41. The van der Waals surface area contributed by atoms with Crippen molar-refractivity contribution in [1.29, 1.82) is 0 Å².